The fraction of sp³-hybridized carbons (Fsp3) is 0.500. The lowest BCUT2D eigenvalue weighted by Gasteiger charge is -2.35. The maximum atomic E-state index is 13.2. The minimum Gasteiger partial charge on any atom is -0.497 e. The molecule has 0 aliphatic carbocycles. The number of aliphatic imine (C=N–C) groups is 1. The molecule has 2 heterocycles. The van der Waals surface area contributed by atoms with E-state index in [1.54, 1.807) is 41.5 Å². The molecular weight excluding hydrogens is 472 g/mol. The smallest absolute Gasteiger partial charge is 0.411 e. The Labute approximate surface area is 208 Å². The normalized spacial score (nSPS) is 18.4. The van der Waals surface area contributed by atoms with Crippen molar-refractivity contribution < 1.29 is 33.5 Å². The van der Waals surface area contributed by atoms with Crippen LogP contribution in [0.5, 0.6) is 5.75 Å². The summed E-state index contributed by atoms with van der Waals surface area (Å²) in [4.78, 5) is 55.7. The number of fused-ring (bicyclic) bond motifs is 1. The number of hydrogen-bond acceptors (Lipinski definition) is 9. The lowest BCUT2D eigenvalue weighted by molar-refractivity contribution is -0.385. The van der Waals surface area contributed by atoms with Crippen molar-refractivity contribution in [3.63, 3.8) is 0 Å². The largest absolute Gasteiger partial charge is 0.497 e. The van der Waals surface area contributed by atoms with Gasteiger partial charge in [0.2, 0.25) is 0 Å². The van der Waals surface area contributed by atoms with Gasteiger partial charge in [-0.15, -0.1) is 0 Å². The molecule has 194 valence electrons. The third-order valence-electron chi connectivity index (χ3n) is 5.81. The SMILES string of the molecule is CCOC(=O)C1=NC2C(=C1NC(=O)c1ccc(OC)cc1[N+](=O)[O-])CN(C(=O)OC(C)(C)C)C2(C)C. The second-order valence-electron chi connectivity index (χ2n) is 9.82. The summed E-state index contributed by atoms with van der Waals surface area (Å²) in [6, 6.07) is 3.15. The van der Waals surface area contributed by atoms with Crippen LogP contribution in [0.1, 0.15) is 51.9 Å². The summed E-state index contributed by atoms with van der Waals surface area (Å²) < 4.78 is 15.7. The van der Waals surface area contributed by atoms with Gasteiger partial charge in [0.25, 0.3) is 11.6 Å². The van der Waals surface area contributed by atoms with Crippen LogP contribution in [-0.2, 0) is 14.3 Å². The Balaban J connectivity index is 2.04. The molecule has 0 radical (unpaired) electrons. The highest BCUT2D eigenvalue weighted by molar-refractivity contribution is 6.44. The number of ether oxygens (including phenoxy) is 3. The van der Waals surface area contributed by atoms with Crippen molar-refractivity contribution >= 4 is 29.4 Å². The van der Waals surface area contributed by atoms with Gasteiger partial charge in [-0.05, 0) is 53.7 Å². The van der Waals surface area contributed by atoms with Crippen molar-refractivity contribution in [2.75, 3.05) is 20.3 Å². The Kier molecular flexibility index (Phi) is 7.10. The molecule has 1 saturated heterocycles. The van der Waals surface area contributed by atoms with Crippen LogP contribution in [0.4, 0.5) is 10.5 Å². The van der Waals surface area contributed by atoms with Crippen LogP contribution in [-0.4, -0.2) is 70.9 Å². The molecule has 1 N–H and O–H groups in total. The van der Waals surface area contributed by atoms with Gasteiger partial charge in [-0.1, -0.05) is 0 Å². The van der Waals surface area contributed by atoms with Gasteiger partial charge in [0.15, 0.2) is 5.71 Å². The fourth-order valence-corrected chi connectivity index (χ4v) is 4.10. The number of nitro benzene ring substituents is 1. The van der Waals surface area contributed by atoms with Gasteiger partial charge in [0, 0.05) is 5.57 Å². The van der Waals surface area contributed by atoms with Gasteiger partial charge in [-0.2, -0.15) is 0 Å². The van der Waals surface area contributed by atoms with Gasteiger partial charge in [-0.25, -0.2) is 9.59 Å². The summed E-state index contributed by atoms with van der Waals surface area (Å²) in [5.41, 5.74) is -1.88. The maximum absolute atomic E-state index is 13.2. The van der Waals surface area contributed by atoms with Gasteiger partial charge >= 0.3 is 12.1 Å². The second kappa shape index (κ2) is 9.59. The Morgan fingerprint density at radius 2 is 1.94 bits per heavy atom. The van der Waals surface area contributed by atoms with Crippen LogP contribution in [0.2, 0.25) is 0 Å². The van der Waals surface area contributed by atoms with Crippen LogP contribution >= 0.6 is 0 Å². The number of likely N-dealkylation sites (tertiary alicyclic amines) is 1. The van der Waals surface area contributed by atoms with Crippen molar-refractivity contribution in [2.45, 2.75) is 58.7 Å². The van der Waals surface area contributed by atoms with E-state index < -0.39 is 45.8 Å². The van der Waals surface area contributed by atoms with E-state index in [2.05, 4.69) is 10.3 Å². The van der Waals surface area contributed by atoms with E-state index in [4.69, 9.17) is 14.2 Å². The average molecular weight is 503 g/mol. The lowest BCUT2D eigenvalue weighted by Crippen LogP contribution is -2.49. The van der Waals surface area contributed by atoms with Crippen LogP contribution in [0.3, 0.4) is 0 Å². The summed E-state index contributed by atoms with van der Waals surface area (Å²) in [6.07, 6.45) is -0.571. The number of nitrogens with zero attached hydrogens (tertiary/aromatic N) is 3. The van der Waals surface area contributed by atoms with E-state index in [-0.39, 0.29) is 35.9 Å². The number of hydrogen-bond donors (Lipinski definition) is 1. The number of carbonyl (C=O) groups is 3. The standard InChI is InChI=1S/C24H30N4O8/c1-8-35-21(30)18-17(26-20(29)14-10-9-13(34-7)11-16(14)28(32)33)15-12-27(22(31)36-23(2,3)4)24(5,6)19(15)25-18/h9-11,19H,8,12H2,1-7H3,(H,26,29). The highest BCUT2D eigenvalue weighted by Crippen LogP contribution is 2.41. The Morgan fingerprint density at radius 1 is 1.28 bits per heavy atom. The molecule has 2 amide bonds. The van der Waals surface area contributed by atoms with Crippen LogP contribution in [0.25, 0.3) is 0 Å². The Morgan fingerprint density at radius 3 is 2.50 bits per heavy atom. The quantitative estimate of drug-likeness (QED) is 0.354. The molecule has 12 heteroatoms. The number of esters is 1. The third kappa shape index (κ3) is 5.02. The lowest BCUT2D eigenvalue weighted by atomic mass is 9.94. The molecule has 0 spiro atoms. The second-order valence-corrected chi connectivity index (χ2v) is 9.82. The number of rotatable bonds is 6. The summed E-state index contributed by atoms with van der Waals surface area (Å²) in [7, 11) is 1.35. The molecule has 0 aromatic heterocycles. The first-order chi connectivity index (χ1) is 16.7. The molecule has 1 aromatic carbocycles. The maximum Gasteiger partial charge on any atom is 0.411 e. The third-order valence-corrected chi connectivity index (χ3v) is 5.81. The molecule has 12 nitrogen and oxygen atoms in total. The minimum atomic E-state index is -0.895. The summed E-state index contributed by atoms with van der Waals surface area (Å²) >= 11 is 0. The number of benzene rings is 1. The molecule has 1 aromatic rings. The molecule has 2 aliphatic rings. The van der Waals surface area contributed by atoms with Crippen LogP contribution in [0.15, 0.2) is 34.5 Å². The van der Waals surface area contributed by atoms with Crippen LogP contribution in [0, 0.1) is 10.1 Å². The van der Waals surface area contributed by atoms with Gasteiger partial charge in [0.1, 0.15) is 16.9 Å². The number of nitro groups is 1. The zero-order valence-electron chi connectivity index (χ0n) is 21.3. The Hall–Kier alpha value is -3.96. The summed E-state index contributed by atoms with van der Waals surface area (Å²) in [6.45, 7) is 10.5. The van der Waals surface area contributed by atoms with E-state index in [0.717, 1.165) is 6.07 Å². The average Bonchev–Trinajstić information content (AvgIpc) is 3.26. The van der Waals surface area contributed by atoms with E-state index >= 15 is 0 Å². The Bertz CT molecular complexity index is 1180. The molecular formula is C24H30N4O8. The number of amides is 2. The predicted molar refractivity (Wildman–Crippen MR) is 129 cm³/mol. The molecule has 1 fully saturated rings. The zero-order chi connectivity index (χ0) is 27.0. The predicted octanol–water partition coefficient (Wildman–Crippen LogP) is 3.00. The topological polar surface area (TPSA) is 150 Å². The molecule has 36 heavy (non-hydrogen) atoms. The van der Waals surface area contributed by atoms with E-state index in [1.807, 2.05) is 0 Å². The van der Waals surface area contributed by atoms with Crippen molar-refractivity contribution in [1.29, 1.82) is 0 Å². The molecule has 0 bridgehead atoms. The minimum absolute atomic E-state index is 0.0271. The zero-order valence-corrected chi connectivity index (χ0v) is 21.3. The first kappa shape index (κ1) is 26.6. The van der Waals surface area contributed by atoms with E-state index in [0.29, 0.717) is 5.57 Å². The monoisotopic (exact) mass is 502 g/mol. The van der Waals surface area contributed by atoms with Gasteiger partial charge in [-0.3, -0.25) is 24.8 Å². The van der Waals surface area contributed by atoms with Crippen LogP contribution < -0.4 is 10.1 Å². The molecule has 3 rings (SSSR count). The molecule has 1 unspecified atom stereocenters. The van der Waals surface area contributed by atoms with Crippen molar-refractivity contribution in [3.05, 3.63) is 45.1 Å². The number of methoxy groups -OCH3 is 1. The van der Waals surface area contributed by atoms with Crippen molar-refractivity contribution in [3.8, 4) is 5.75 Å². The molecule has 0 saturated carbocycles. The highest BCUT2D eigenvalue weighted by atomic mass is 16.6. The first-order valence-electron chi connectivity index (χ1n) is 11.3. The van der Waals surface area contributed by atoms with E-state index in [1.165, 1.54) is 24.1 Å². The summed E-state index contributed by atoms with van der Waals surface area (Å²) in [5.74, 6) is -1.36. The highest BCUT2D eigenvalue weighted by Gasteiger charge is 2.53. The molecule has 2 aliphatic heterocycles. The first-order valence-corrected chi connectivity index (χ1v) is 11.3. The summed E-state index contributed by atoms with van der Waals surface area (Å²) in [5, 5.41) is 14.2. The van der Waals surface area contributed by atoms with Gasteiger partial charge < -0.3 is 19.5 Å². The van der Waals surface area contributed by atoms with Crippen molar-refractivity contribution in [1.82, 2.24) is 10.2 Å². The number of nitrogens with one attached hydrogen (secondary N) is 1. The molecule has 1 atom stereocenters. The van der Waals surface area contributed by atoms with Crippen molar-refractivity contribution in [2.24, 2.45) is 4.99 Å². The van der Waals surface area contributed by atoms with E-state index in [9.17, 15) is 24.5 Å². The number of carbonyl (C=O) groups excluding carboxylic acids is 3. The fourth-order valence-electron chi connectivity index (χ4n) is 4.10. The van der Waals surface area contributed by atoms with Gasteiger partial charge in [0.05, 0.1) is 48.5 Å².